The Morgan fingerprint density at radius 2 is 1.86 bits per heavy atom. The Morgan fingerprint density at radius 3 is 2.46 bits per heavy atom. The molecule has 0 aliphatic carbocycles. The van der Waals surface area contributed by atoms with Gasteiger partial charge in [0, 0.05) is 26.3 Å². The summed E-state index contributed by atoms with van der Waals surface area (Å²) in [5, 5.41) is 11.1. The molecule has 6 nitrogen and oxygen atoms in total. The molecule has 1 atom stereocenters. The van der Waals surface area contributed by atoms with Gasteiger partial charge in [0.15, 0.2) is 5.96 Å². The summed E-state index contributed by atoms with van der Waals surface area (Å²) < 4.78 is 1.87. The summed E-state index contributed by atoms with van der Waals surface area (Å²) in [7, 11) is 1.95. The summed E-state index contributed by atoms with van der Waals surface area (Å²) in [6.07, 6.45) is 4.39. The van der Waals surface area contributed by atoms with Gasteiger partial charge < -0.3 is 10.6 Å². The lowest BCUT2D eigenvalue weighted by molar-refractivity contribution is 0.245. The fourth-order valence-electron chi connectivity index (χ4n) is 3.55. The van der Waals surface area contributed by atoms with Crippen molar-refractivity contribution in [2.24, 2.45) is 12.0 Å². The van der Waals surface area contributed by atoms with Crippen molar-refractivity contribution in [3.8, 4) is 0 Å². The highest BCUT2D eigenvalue weighted by molar-refractivity contribution is 14.0. The molecule has 1 saturated heterocycles. The Bertz CT molecular complexity index is 734. The van der Waals surface area contributed by atoms with Gasteiger partial charge in [-0.2, -0.15) is 5.10 Å². The predicted octanol–water partition coefficient (Wildman–Crippen LogP) is 3.24. The minimum atomic E-state index is 0. The van der Waals surface area contributed by atoms with E-state index in [2.05, 4.69) is 58.7 Å². The van der Waals surface area contributed by atoms with Crippen molar-refractivity contribution >= 4 is 29.9 Å². The molecular weight excluding hydrogens is 463 g/mol. The van der Waals surface area contributed by atoms with Crippen LogP contribution in [-0.4, -0.2) is 46.8 Å². The molecule has 2 heterocycles. The number of guanidine groups is 1. The molecule has 1 unspecified atom stereocenters. The lowest BCUT2D eigenvalue weighted by Gasteiger charge is -2.29. The van der Waals surface area contributed by atoms with Crippen LogP contribution in [0.5, 0.6) is 0 Å². The number of aliphatic imine (C=N–C) groups is 1. The van der Waals surface area contributed by atoms with E-state index in [4.69, 9.17) is 4.99 Å². The molecule has 0 amide bonds. The van der Waals surface area contributed by atoms with E-state index in [0.29, 0.717) is 12.6 Å². The molecule has 1 aromatic carbocycles. The van der Waals surface area contributed by atoms with Gasteiger partial charge in [0.05, 0.1) is 18.3 Å². The van der Waals surface area contributed by atoms with Gasteiger partial charge in [0.2, 0.25) is 0 Å². The quantitative estimate of drug-likeness (QED) is 0.351. The lowest BCUT2D eigenvalue weighted by Crippen LogP contribution is -2.42. The Hall–Kier alpha value is -1.61. The molecule has 2 aromatic rings. The van der Waals surface area contributed by atoms with Crippen molar-refractivity contribution in [3.05, 3.63) is 53.3 Å². The highest BCUT2D eigenvalue weighted by Crippen LogP contribution is 2.24. The summed E-state index contributed by atoms with van der Waals surface area (Å²) >= 11 is 0. The van der Waals surface area contributed by atoms with Crippen molar-refractivity contribution in [2.75, 3.05) is 26.2 Å². The van der Waals surface area contributed by atoms with E-state index in [9.17, 15) is 0 Å². The van der Waals surface area contributed by atoms with Crippen LogP contribution in [0, 0.1) is 6.92 Å². The number of aromatic nitrogens is 2. The third kappa shape index (κ3) is 6.20. The number of nitrogens with one attached hydrogen (secondary N) is 2. The third-order valence-corrected chi connectivity index (χ3v) is 5.17. The van der Waals surface area contributed by atoms with Crippen molar-refractivity contribution < 1.29 is 0 Å². The van der Waals surface area contributed by atoms with Crippen molar-refractivity contribution in [3.63, 3.8) is 0 Å². The van der Waals surface area contributed by atoms with Gasteiger partial charge in [-0.3, -0.25) is 9.58 Å². The molecule has 0 radical (unpaired) electrons. The minimum absolute atomic E-state index is 0. The highest BCUT2D eigenvalue weighted by atomic mass is 127. The fraction of sp³-hybridized carbons (Fsp3) is 0.524. The number of aryl methyl sites for hydroxylation is 2. The molecule has 154 valence electrons. The molecule has 0 saturated carbocycles. The SMILES string of the molecule is CCNC(=NCc1ccnn1C)NCC(c1ccc(C)cc1)N1CCCC1.I. The fourth-order valence-corrected chi connectivity index (χ4v) is 3.55. The summed E-state index contributed by atoms with van der Waals surface area (Å²) in [5.41, 5.74) is 3.78. The van der Waals surface area contributed by atoms with Crippen LogP contribution in [0.4, 0.5) is 0 Å². The first-order valence-corrected chi connectivity index (χ1v) is 9.97. The molecule has 7 heteroatoms. The van der Waals surface area contributed by atoms with Crippen LogP contribution in [0.1, 0.15) is 42.6 Å². The van der Waals surface area contributed by atoms with Gasteiger partial charge in [-0.15, -0.1) is 24.0 Å². The summed E-state index contributed by atoms with van der Waals surface area (Å²) in [6, 6.07) is 11.3. The summed E-state index contributed by atoms with van der Waals surface area (Å²) in [5.74, 6) is 0.856. The molecule has 0 bridgehead atoms. The number of halogens is 1. The van der Waals surface area contributed by atoms with Gasteiger partial charge in [-0.1, -0.05) is 29.8 Å². The zero-order valence-corrected chi connectivity index (χ0v) is 19.5. The lowest BCUT2D eigenvalue weighted by atomic mass is 10.0. The van der Waals surface area contributed by atoms with E-state index >= 15 is 0 Å². The Morgan fingerprint density at radius 1 is 1.14 bits per heavy atom. The molecule has 2 N–H and O–H groups in total. The Balaban J connectivity index is 0.00000280. The highest BCUT2D eigenvalue weighted by Gasteiger charge is 2.23. The second kappa shape index (κ2) is 11.4. The van der Waals surface area contributed by atoms with E-state index in [1.807, 2.05) is 24.0 Å². The van der Waals surface area contributed by atoms with E-state index in [1.54, 1.807) is 0 Å². The number of hydrogen-bond acceptors (Lipinski definition) is 3. The average molecular weight is 496 g/mol. The van der Waals surface area contributed by atoms with Crippen LogP contribution < -0.4 is 10.6 Å². The smallest absolute Gasteiger partial charge is 0.191 e. The zero-order chi connectivity index (χ0) is 19.1. The van der Waals surface area contributed by atoms with Gasteiger partial charge >= 0.3 is 0 Å². The number of benzene rings is 1. The first kappa shape index (κ1) is 22.7. The molecular formula is C21H33IN6. The van der Waals surface area contributed by atoms with Gasteiger partial charge in [0.1, 0.15) is 0 Å². The maximum absolute atomic E-state index is 4.74. The minimum Gasteiger partial charge on any atom is -0.357 e. The summed E-state index contributed by atoms with van der Waals surface area (Å²) in [4.78, 5) is 7.32. The monoisotopic (exact) mass is 496 g/mol. The van der Waals surface area contributed by atoms with Crippen LogP contribution in [0.2, 0.25) is 0 Å². The van der Waals surface area contributed by atoms with Crippen molar-refractivity contribution in [1.82, 2.24) is 25.3 Å². The number of rotatable bonds is 7. The first-order chi connectivity index (χ1) is 13.2. The van der Waals surface area contributed by atoms with Crippen LogP contribution in [0.25, 0.3) is 0 Å². The standard InChI is InChI=1S/C21H32N6.HI/c1-4-22-21(23-15-19-11-12-25-26(19)3)24-16-20(27-13-5-6-14-27)18-9-7-17(2)8-10-18;/h7-12,20H,4-6,13-16H2,1-3H3,(H2,22,23,24);1H. The molecule has 0 spiro atoms. The topological polar surface area (TPSA) is 57.5 Å². The maximum atomic E-state index is 4.74. The van der Waals surface area contributed by atoms with Crippen molar-refractivity contribution in [1.29, 1.82) is 0 Å². The zero-order valence-electron chi connectivity index (χ0n) is 17.2. The molecule has 1 fully saturated rings. The maximum Gasteiger partial charge on any atom is 0.191 e. The van der Waals surface area contributed by atoms with E-state index < -0.39 is 0 Å². The van der Waals surface area contributed by atoms with E-state index in [0.717, 1.165) is 24.7 Å². The largest absolute Gasteiger partial charge is 0.357 e. The molecule has 1 aliphatic heterocycles. The van der Waals surface area contributed by atoms with E-state index in [-0.39, 0.29) is 24.0 Å². The normalized spacial score (nSPS) is 15.9. The van der Waals surface area contributed by atoms with Crippen molar-refractivity contribution in [2.45, 2.75) is 39.3 Å². The summed E-state index contributed by atoms with van der Waals surface area (Å²) in [6.45, 7) is 8.88. The number of hydrogen-bond donors (Lipinski definition) is 2. The van der Waals surface area contributed by atoms with Crippen LogP contribution in [-0.2, 0) is 13.6 Å². The van der Waals surface area contributed by atoms with Gasteiger partial charge in [-0.05, 0) is 51.4 Å². The molecule has 3 rings (SSSR count). The average Bonchev–Trinajstić information content (AvgIpc) is 3.33. The van der Waals surface area contributed by atoms with Crippen LogP contribution in [0.15, 0.2) is 41.5 Å². The Kier molecular flexibility index (Phi) is 9.24. The van der Waals surface area contributed by atoms with E-state index in [1.165, 1.54) is 37.1 Å². The molecule has 1 aliphatic rings. The first-order valence-electron chi connectivity index (χ1n) is 9.97. The van der Waals surface area contributed by atoms with Gasteiger partial charge in [0.25, 0.3) is 0 Å². The van der Waals surface area contributed by atoms with Crippen LogP contribution in [0.3, 0.4) is 0 Å². The number of nitrogens with zero attached hydrogens (tertiary/aromatic N) is 4. The molecule has 28 heavy (non-hydrogen) atoms. The third-order valence-electron chi connectivity index (χ3n) is 5.17. The Labute approximate surface area is 185 Å². The predicted molar refractivity (Wildman–Crippen MR) is 126 cm³/mol. The molecule has 1 aromatic heterocycles. The van der Waals surface area contributed by atoms with Gasteiger partial charge in [-0.25, -0.2) is 4.99 Å². The number of likely N-dealkylation sites (tertiary alicyclic amines) is 1. The van der Waals surface area contributed by atoms with Crippen LogP contribution >= 0.6 is 24.0 Å². The second-order valence-electron chi connectivity index (χ2n) is 7.19. The second-order valence-corrected chi connectivity index (χ2v) is 7.19.